The van der Waals surface area contributed by atoms with Crippen LogP contribution in [-0.4, -0.2) is 42.5 Å². The fourth-order valence-electron chi connectivity index (χ4n) is 2.19. The lowest BCUT2D eigenvalue weighted by Crippen LogP contribution is -2.37. The van der Waals surface area contributed by atoms with Gasteiger partial charge in [-0.05, 0) is 45.0 Å². The Balaban J connectivity index is 0.00000180. The lowest BCUT2D eigenvalue weighted by atomic mass is 9.97. The van der Waals surface area contributed by atoms with Crippen molar-refractivity contribution < 1.29 is 4.79 Å². The number of hydrogen-bond donors (Lipinski definition) is 2. The molecule has 1 amide bonds. The molecule has 3 N–H and O–H groups in total. The number of anilines is 1. The second kappa shape index (κ2) is 9.00. The van der Waals surface area contributed by atoms with Crippen LogP contribution in [0.2, 0.25) is 0 Å². The molecule has 0 atom stereocenters. The number of amides is 1. The van der Waals surface area contributed by atoms with E-state index >= 15 is 0 Å². The van der Waals surface area contributed by atoms with E-state index in [0.29, 0.717) is 17.2 Å². The van der Waals surface area contributed by atoms with Crippen LogP contribution in [0.3, 0.4) is 0 Å². The van der Waals surface area contributed by atoms with Gasteiger partial charge in [0, 0.05) is 24.6 Å². The van der Waals surface area contributed by atoms with Crippen LogP contribution in [-0.2, 0) is 0 Å². The van der Waals surface area contributed by atoms with Crippen LogP contribution in [0.4, 0.5) is 5.69 Å². The average Bonchev–Trinajstić information content (AvgIpc) is 2.38. The topological polar surface area (TPSA) is 71.2 Å². The van der Waals surface area contributed by atoms with Crippen molar-refractivity contribution in [2.45, 2.75) is 12.8 Å². The number of pyridine rings is 1. The van der Waals surface area contributed by atoms with Gasteiger partial charge in [0.1, 0.15) is 0 Å². The zero-order valence-electron chi connectivity index (χ0n) is 11.5. The minimum Gasteiger partial charge on any atom is -0.398 e. The molecule has 5 nitrogen and oxygen atoms in total. The predicted molar refractivity (Wildman–Crippen MR) is 85.7 cm³/mol. The number of likely N-dealkylation sites (tertiary alicyclic amines) is 1. The third-order valence-corrected chi connectivity index (χ3v) is 3.49. The highest BCUT2D eigenvalue weighted by Crippen LogP contribution is 2.15. The lowest BCUT2D eigenvalue weighted by molar-refractivity contribution is 0.0939. The van der Waals surface area contributed by atoms with Gasteiger partial charge in [0.2, 0.25) is 0 Å². The maximum atomic E-state index is 11.9. The molecule has 2 rings (SSSR count). The molecule has 0 spiro atoms. The third-order valence-electron chi connectivity index (χ3n) is 3.49. The summed E-state index contributed by atoms with van der Waals surface area (Å²) in [7, 11) is 2.13. The Bertz CT molecular complexity index is 423. The van der Waals surface area contributed by atoms with Gasteiger partial charge in [0.25, 0.3) is 5.91 Å². The number of aromatic nitrogens is 1. The van der Waals surface area contributed by atoms with E-state index in [0.717, 1.165) is 32.5 Å². The summed E-state index contributed by atoms with van der Waals surface area (Å²) in [5, 5.41) is 2.95. The highest BCUT2D eigenvalue weighted by molar-refractivity contribution is 5.98. The predicted octanol–water partition coefficient (Wildman–Crippen LogP) is 1.58. The van der Waals surface area contributed by atoms with Crippen molar-refractivity contribution >= 4 is 36.4 Å². The first kappa shape index (κ1) is 19.0. The number of nitrogens with two attached hydrogens (primary N) is 1. The highest BCUT2D eigenvalue weighted by Gasteiger charge is 2.18. The molecule has 0 saturated carbocycles. The van der Waals surface area contributed by atoms with Gasteiger partial charge >= 0.3 is 0 Å². The SMILES string of the molecule is CN1CCC(CNC(=O)c2cnccc2N)CC1.Cl.Cl. The van der Waals surface area contributed by atoms with Gasteiger partial charge in [-0.3, -0.25) is 9.78 Å². The minimum atomic E-state index is -0.125. The van der Waals surface area contributed by atoms with Crippen LogP contribution < -0.4 is 11.1 Å². The summed E-state index contributed by atoms with van der Waals surface area (Å²) >= 11 is 0. The number of piperidine rings is 1. The van der Waals surface area contributed by atoms with E-state index in [2.05, 4.69) is 22.2 Å². The number of rotatable bonds is 3. The van der Waals surface area contributed by atoms with Gasteiger partial charge in [-0.2, -0.15) is 0 Å². The van der Waals surface area contributed by atoms with Crippen LogP contribution in [0.1, 0.15) is 23.2 Å². The van der Waals surface area contributed by atoms with Crippen LogP contribution in [0.5, 0.6) is 0 Å². The quantitative estimate of drug-likeness (QED) is 0.887. The molecule has 0 radical (unpaired) electrons. The Morgan fingerprint density at radius 1 is 1.45 bits per heavy atom. The maximum Gasteiger partial charge on any atom is 0.254 e. The van der Waals surface area contributed by atoms with Crippen molar-refractivity contribution in [1.29, 1.82) is 0 Å². The molecule has 114 valence electrons. The Kier molecular flexibility index (Phi) is 8.53. The molecule has 1 aromatic rings. The summed E-state index contributed by atoms with van der Waals surface area (Å²) in [6, 6.07) is 1.64. The third kappa shape index (κ3) is 5.15. The fourth-order valence-corrected chi connectivity index (χ4v) is 2.19. The summed E-state index contributed by atoms with van der Waals surface area (Å²) in [5.74, 6) is 0.447. The van der Waals surface area contributed by atoms with Gasteiger partial charge in [-0.15, -0.1) is 24.8 Å². The van der Waals surface area contributed by atoms with Crippen molar-refractivity contribution in [2.24, 2.45) is 5.92 Å². The van der Waals surface area contributed by atoms with Gasteiger partial charge in [0.05, 0.1) is 5.56 Å². The van der Waals surface area contributed by atoms with Gasteiger partial charge < -0.3 is 16.0 Å². The molecule has 1 fully saturated rings. The summed E-state index contributed by atoms with van der Waals surface area (Å²) in [6.07, 6.45) is 5.38. The van der Waals surface area contributed by atoms with E-state index < -0.39 is 0 Å². The first-order chi connectivity index (χ1) is 8.66. The second-order valence-electron chi connectivity index (χ2n) is 4.92. The van der Waals surface area contributed by atoms with Crippen molar-refractivity contribution in [3.05, 3.63) is 24.0 Å². The van der Waals surface area contributed by atoms with Crippen molar-refractivity contribution in [3.63, 3.8) is 0 Å². The first-order valence-corrected chi connectivity index (χ1v) is 6.33. The normalized spacial score (nSPS) is 15.8. The van der Waals surface area contributed by atoms with E-state index in [-0.39, 0.29) is 30.7 Å². The molecule has 0 aromatic carbocycles. The largest absolute Gasteiger partial charge is 0.398 e. The highest BCUT2D eigenvalue weighted by atomic mass is 35.5. The van der Waals surface area contributed by atoms with E-state index in [9.17, 15) is 4.79 Å². The summed E-state index contributed by atoms with van der Waals surface area (Å²) in [5.41, 5.74) is 6.68. The number of halogens is 2. The maximum absolute atomic E-state index is 11.9. The Hall–Kier alpha value is -1.04. The van der Waals surface area contributed by atoms with Gasteiger partial charge in [-0.1, -0.05) is 0 Å². The first-order valence-electron chi connectivity index (χ1n) is 6.33. The number of nitrogens with zero attached hydrogens (tertiary/aromatic N) is 2. The fraction of sp³-hybridized carbons (Fsp3) is 0.538. The number of nitrogens with one attached hydrogen (secondary N) is 1. The molecule has 7 heteroatoms. The molecule has 1 aliphatic rings. The van der Waals surface area contributed by atoms with Crippen LogP contribution in [0, 0.1) is 5.92 Å². The molecule has 20 heavy (non-hydrogen) atoms. The molecule has 0 bridgehead atoms. The molecule has 0 unspecified atom stereocenters. The summed E-state index contributed by atoms with van der Waals surface area (Å²) in [6.45, 7) is 2.94. The van der Waals surface area contributed by atoms with Gasteiger partial charge in [-0.25, -0.2) is 0 Å². The molecular weight excluding hydrogens is 299 g/mol. The number of nitrogen functional groups attached to an aromatic ring is 1. The van der Waals surface area contributed by atoms with E-state index in [1.807, 2.05) is 0 Å². The molecular formula is C13H22Cl2N4O. The summed E-state index contributed by atoms with van der Waals surface area (Å²) < 4.78 is 0. The average molecular weight is 321 g/mol. The number of hydrogen-bond acceptors (Lipinski definition) is 4. The Morgan fingerprint density at radius 2 is 2.10 bits per heavy atom. The minimum absolute atomic E-state index is 0. The van der Waals surface area contributed by atoms with E-state index in [1.165, 1.54) is 6.20 Å². The zero-order chi connectivity index (χ0) is 13.0. The van der Waals surface area contributed by atoms with Crippen LogP contribution in [0.25, 0.3) is 0 Å². The van der Waals surface area contributed by atoms with Crippen molar-refractivity contribution in [1.82, 2.24) is 15.2 Å². The van der Waals surface area contributed by atoms with Gasteiger partial charge in [0.15, 0.2) is 0 Å². The molecule has 1 aliphatic heterocycles. The lowest BCUT2D eigenvalue weighted by Gasteiger charge is -2.28. The Morgan fingerprint density at radius 3 is 2.70 bits per heavy atom. The molecule has 0 aliphatic carbocycles. The number of carbonyl (C=O) groups excluding carboxylic acids is 1. The smallest absolute Gasteiger partial charge is 0.254 e. The van der Waals surface area contributed by atoms with E-state index in [4.69, 9.17) is 5.73 Å². The summed E-state index contributed by atoms with van der Waals surface area (Å²) in [4.78, 5) is 18.2. The van der Waals surface area contributed by atoms with Crippen LogP contribution >= 0.6 is 24.8 Å². The van der Waals surface area contributed by atoms with E-state index in [1.54, 1.807) is 12.3 Å². The molecule has 2 heterocycles. The Labute approximate surface area is 132 Å². The molecule has 1 saturated heterocycles. The monoisotopic (exact) mass is 320 g/mol. The van der Waals surface area contributed by atoms with Crippen molar-refractivity contribution in [3.8, 4) is 0 Å². The second-order valence-corrected chi connectivity index (χ2v) is 4.92. The zero-order valence-corrected chi connectivity index (χ0v) is 13.2. The van der Waals surface area contributed by atoms with Crippen LogP contribution in [0.15, 0.2) is 18.5 Å². The standard InChI is InChI=1S/C13H20N4O.2ClH/c1-17-6-3-10(4-7-17)8-16-13(18)11-9-15-5-2-12(11)14;;/h2,5,9-10H,3-4,6-8H2,1H3,(H2,14,15)(H,16,18);2*1H. The molecule has 1 aromatic heterocycles. The number of carbonyl (C=O) groups is 1. The van der Waals surface area contributed by atoms with Crippen molar-refractivity contribution in [2.75, 3.05) is 32.4 Å².